The van der Waals surface area contributed by atoms with Gasteiger partial charge in [0.25, 0.3) is 0 Å². The largest absolute Gasteiger partial charge is 0.466 e. The molecule has 0 aliphatic carbocycles. The van der Waals surface area contributed by atoms with Crippen LogP contribution in [0, 0.1) is 13.8 Å². The van der Waals surface area contributed by atoms with E-state index in [0.717, 1.165) is 21.3 Å². The molecule has 0 aliphatic rings. The van der Waals surface area contributed by atoms with Crippen molar-refractivity contribution < 1.29 is 14.6 Å². The lowest BCUT2D eigenvalue weighted by atomic mass is 10.1. The van der Waals surface area contributed by atoms with Crippen LogP contribution in [0.3, 0.4) is 0 Å². The molecule has 0 heterocycles. The molecule has 0 saturated heterocycles. The van der Waals surface area contributed by atoms with E-state index in [0.29, 0.717) is 13.2 Å². The zero-order valence-electron chi connectivity index (χ0n) is 11.5. The number of carbonyl (C=O) groups excluding carboxylic acids is 1. The highest BCUT2D eigenvalue weighted by molar-refractivity contribution is 9.10. The van der Waals surface area contributed by atoms with Gasteiger partial charge in [0.05, 0.1) is 19.1 Å². The number of esters is 1. The topological polar surface area (TPSA) is 58.6 Å². The second-order valence-electron chi connectivity index (χ2n) is 4.47. The van der Waals surface area contributed by atoms with E-state index in [-0.39, 0.29) is 12.4 Å². The van der Waals surface area contributed by atoms with Crippen LogP contribution in [-0.4, -0.2) is 30.3 Å². The van der Waals surface area contributed by atoms with Crippen molar-refractivity contribution in [3.63, 3.8) is 0 Å². The molecular weight excluding hydrogens is 310 g/mol. The highest BCUT2D eigenvalue weighted by Gasteiger charge is 2.11. The van der Waals surface area contributed by atoms with Crippen LogP contribution in [0.1, 0.15) is 24.5 Å². The monoisotopic (exact) mass is 329 g/mol. The third-order valence-electron chi connectivity index (χ3n) is 2.69. The van der Waals surface area contributed by atoms with Gasteiger partial charge >= 0.3 is 5.97 Å². The normalized spacial score (nSPS) is 12.1. The zero-order chi connectivity index (χ0) is 14.4. The van der Waals surface area contributed by atoms with Crippen LogP contribution in [0.4, 0.5) is 5.69 Å². The Balaban J connectivity index is 2.50. The summed E-state index contributed by atoms with van der Waals surface area (Å²) in [5.41, 5.74) is 3.19. The molecule has 0 aromatic heterocycles. The lowest BCUT2D eigenvalue weighted by molar-refractivity contribution is -0.145. The zero-order valence-corrected chi connectivity index (χ0v) is 13.1. The first-order valence-electron chi connectivity index (χ1n) is 6.28. The summed E-state index contributed by atoms with van der Waals surface area (Å²) in [6.07, 6.45) is -0.738. The molecule has 1 aromatic carbocycles. The van der Waals surface area contributed by atoms with Gasteiger partial charge in [0.1, 0.15) is 0 Å². The third-order valence-corrected chi connectivity index (χ3v) is 3.94. The van der Waals surface area contributed by atoms with Crippen molar-refractivity contribution >= 4 is 27.6 Å². The molecule has 1 aromatic rings. The van der Waals surface area contributed by atoms with Crippen LogP contribution >= 0.6 is 15.9 Å². The molecule has 106 valence electrons. The molecule has 0 amide bonds. The lowest BCUT2D eigenvalue weighted by Gasteiger charge is -2.14. The number of anilines is 1. The van der Waals surface area contributed by atoms with Gasteiger partial charge in [-0.15, -0.1) is 0 Å². The molecule has 1 atom stereocenters. The van der Waals surface area contributed by atoms with Gasteiger partial charge < -0.3 is 15.2 Å². The molecule has 1 rings (SSSR count). The van der Waals surface area contributed by atoms with Crippen molar-refractivity contribution in [2.45, 2.75) is 33.3 Å². The van der Waals surface area contributed by atoms with Crippen LogP contribution in [0.5, 0.6) is 0 Å². The Bertz CT molecular complexity index is 425. The average Bonchev–Trinajstić information content (AvgIpc) is 2.33. The Hall–Kier alpha value is -1.07. The standard InChI is InChI=1S/C14H20BrNO3/c1-4-19-13(18)7-12(17)8-16-11-5-9(2)14(15)10(3)6-11/h5-6,12,16-17H,4,7-8H2,1-3H3. The van der Waals surface area contributed by atoms with Crippen LogP contribution in [0.2, 0.25) is 0 Å². The van der Waals surface area contributed by atoms with E-state index in [1.165, 1.54) is 0 Å². The summed E-state index contributed by atoms with van der Waals surface area (Å²) in [7, 11) is 0. The second-order valence-corrected chi connectivity index (χ2v) is 5.26. The van der Waals surface area contributed by atoms with Gasteiger partial charge in [-0.3, -0.25) is 4.79 Å². The first kappa shape index (κ1) is 16.0. The molecule has 1 unspecified atom stereocenters. The quantitative estimate of drug-likeness (QED) is 0.788. The summed E-state index contributed by atoms with van der Waals surface area (Å²) < 4.78 is 5.87. The Morgan fingerprint density at radius 3 is 2.53 bits per heavy atom. The van der Waals surface area contributed by atoms with Gasteiger partial charge in [0, 0.05) is 16.7 Å². The number of halogens is 1. The number of aliphatic hydroxyl groups excluding tert-OH is 1. The SMILES string of the molecule is CCOC(=O)CC(O)CNc1cc(C)c(Br)c(C)c1. The van der Waals surface area contributed by atoms with Gasteiger partial charge in [-0.25, -0.2) is 0 Å². The van der Waals surface area contributed by atoms with E-state index < -0.39 is 6.10 Å². The van der Waals surface area contributed by atoms with E-state index in [9.17, 15) is 9.90 Å². The van der Waals surface area contributed by atoms with Gasteiger partial charge in [-0.1, -0.05) is 15.9 Å². The maximum atomic E-state index is 11.2. The highest BCUT2D eigenvalue weighted by atomic mass is 79.9. The molecule has 5 heteroatoms. The third kappa shape index (κ3) is 5.20. The summed E-state index contributed by atoms with van der Waals surface area (Å²) >= 11 is 3.50. The Morgan fingerprint density at radius 2 is 2.00 bits per heavy atom. The number of carbonyl (C=O) groups is 1. The molecular formula is C14H20BrNO3. The number of hydrogen-bond donors (Lipinski definition) is 2. The summed E-state index contributed by atoms with van der Waals surface area (Å²) in [4.78, 5) is 11.2. The maximum absolute atomic E-state index is 11.2. The summed E-state index contributed by atoms with van der Waals surface area (Å²) in [6.45, 7) is 6.42. The fourth-order valence-corrected chi connectivity index (χ4v) is 2.00. The fraction of sp³-hybridized carbons (Fsp3) is 0.500. The molecule has 2 N–H and O–H groups in total. The highest BCUT2D eigenvalue weighted by Crippen LogP contribution is 2.24. The van der Waals surface area contributed by atoms with E-state index in [2.05, 4.69) is 21.2 Å². The Kier molecular flexibility index (Phi) is 6.31. The van der Waals surface area contributed by atoms with Crippen molar-refractivity contribution in [1.29, 1.82) is 0 Å². The minimum Gasteiger partial charge on any atom is -0.466 e. The fourth-order valence-electron chi connectivity index (χ4n) is 1.77. The Morgan fingerprint density at radius 1 is 1.42 bits per heavy atom. The van der Waals surface area contributed by atoms with E-state index >= 15 is 0 Å². The second kappa shape index (κ2) is 7.50. The van der Waals surface area contributed by atoms with Gasteiger partial charge in [0.15, 0.2) is 0 Å². The molecule has 0 aliphatic heterocycles. The summed E-state index contributed by atoms with van der Waals surface area (Å²) in [5, 5.41) is 12.9. The van der Waals surface area contributed by atoms with Gasteiger partial charge in [-0.2, -0.15) is 0 Å². The number of ether oxygens (including phenoxy) is 1. The van der Waals surface area contributed by atoms with Crippen LogP contribution in [0.15, 0.2) is 16.6 Å². The number of nitrogens with one attached hydrogen (secondary N) is 1. The van der Waals surface area contributed by atoms with Crippen molar-refractivity contribution in [3.8, 4) is 0 Å². The molecule has 0 spiro atoms. The number of rotatable bonds is 6. The molecule has 0 radical (unpaired) electrons. The molecule has 0 bridgehead atoms. The smallest absolute Gasteiger partial charge is 0.308 e. The van der Waals surface area contributed by atoms with E-state index in [1.807, 2.05) is 26.0 Å². The van der Waals surface area contributed by atoms with Crippen molar-refractivity contribution in [1.82, 2.24) is 0 Å². The first-order valence-corrected chi connectivity index (χ1v) is 7.07. The summed E-state index contributed by atoms with van der Waals surface area (Å²) in [6, 6.07) is 3.99. The molecule has 4 nitrogen and oxygen atoms in total. The predicted molar refractivity (Wildman–Crippen MR) is 79.4 cm³/mol. The molecule has 0 fully saturated rings. The first-order chi connectivity index (χ1) is 8.93. The minimum atomic E-state index is -0.747. The van der Waals surface area contributed by atoms with E-state index in [1.54, 1.807) is 6.92 Å². The van der Waals surface area contributed by atoms with Gasteiger partial charge in [-0.05, 0) is 44.0 Å². The van der Waals surface area contributed by atoms with Crippen molar-refractivity contribution in [2.24, 2.45) is 0 Å². The lowest BCUT2D eigenvalue weighted by Crippen LogP contribution is -2.24. The van der Waals surface area contributed by atoms with Gasteiger partial charge in [0.2, 0.25) is 0 Å². The van der Waals surface area contributed by atoms with Crippen LogP contribution < -0.4 is 5.32 Å². The summed E-state index contributed by atoms with van der Waals surface area (Å²) in [5.74, 6) is -0.375. The number of benzene rings is 1. The Labute approximate surface area is 122 Å². The number of hydrogen-bond acceptors (Lipinski definition) is 4. The van der Waals surface area contributed by atoms with Crippen LogP contribution in [0.25, 0.3) is 0 Å². The minimum absolute atomic E-state index is 0.00926. The molecule has 19 heavy (non-hydrogen) atoms. The van der Waals surface area contributed by atoms with Crippen molar-refractivity contribution in [3.05, 3.63) is 27.7 Å². The van der Waals surface area contributed by atoms with Crippen LogP contribution in [-0.2, 0) is 9.53 Å². The maximum Gasteiger partial charge on any atom is 0.308 e. The van der Waals surface area contributed by atoms with Crippen molar-refractivity contribution in [2.75, 3.05) is 18.5 Å². The predicted octanol–water partition coefficient (Wildman–Crippen LogP) is 2.79. The number of aryl methyl sites for hydroxylation is 2. The van der Waals surface area contributed by atoms with E-state index in [4.69, 9.17) is 4.74 Å². The number of aliphatic hydroxyl groups is 1. The average molecular weight is 330 g/mol. The molecule has 0 saturated carbocycles.